The Labute approximate surface area is 130 Å². The van der Waals surface area contributed by atoms with Gasteiger partial charge in [0.15, 0.2) is 17.3 Å². The van der Waals surface area contributed by atoms with Crippen molar-refractivity contribution in [2.24, 2.45) is 0 Å². The van der Waals surface area contributed by atoms with E-state index in [-0.39, 0.29) is 27.9 Å². The van der Waals surface area contributed by atoms with Crippen molar-refractivity contribution in [3.8, 4) is 0 Å². The van der Waals surface area contributed by atoms with E-state index in [9.17, 15) is 14.4 Å². The Morgan fingerprint density at radius 1 is 1.23 bits per heavy atom. The fraction of sp³-hybridized carbons (Fsp3) is 0.312. The molecule has 0 saturated heterocycles. The van der Waals surface area contributed by atoms with Crippen molar-refractivity contribution in [1.82, 2.24) is 0 Å². The molecule has 22 heavy (non-hydrogen) atoms. The summed E-state index contributed by atoms with van der Waals surface area (Å²) in [4.78, 5) is 35.8. The topological polar surface area (TPSA) is 73.6 Å². The van der Waals surface area contributed by atoms with Crippen molar-refractivity contribution in [2.45, 2.75) is 31.8 Å². The van der Waals surface area contributed by atoms with E-state index in [0.717, 1.165) is 18.9 Å². The van der Waals surface area contributed by atoms with Crippen LogP contribution in [0.15, 0.2) is 33.5 Å². The van der Waals surface area contributed by atoms with Gasteiger partial charge in [0, 0.05) is 17.5 Å². The summed E-state index contributed by atoms with van der Waals surface area (Å²) in [6.45, 7) is 0. The van der Waals surface area contributed by atoms with Gasteiger partial charge in [-0.05, 0) is 37.5 Å². The van der Waals surface area contributed by atoms with Crippen LogP contribution < -0.4 is 5.43 Å². The molecule has 1 heterocycles. The minimum atomic E-state index is -0.797. The number of carbonyl (C=O) groups is 2. The van der Waals surface area contributed by atoms with Gasteiger partial charge in [0.05, 0.1) is 5.39 Å². The van der Waals surface area contributed by atoms with Gasteiger partial charge < -0.3 is 9.15 Å². The van der Waals surface area contributed by atoms with Crippen LogP contribution in [0, 0.1) is 0 Å². The SMILES string of the molecule is O=C(O[C@@H]1CCCCC1=O)c1cc(=O)c2cc(Cl)ccc2o1. The first-order valence-corrected chi connectivity index (χ1v) is 7.39. The number of benzene rings is 1. The second-order valence-corrected chi connectivity index (χ2v) is 5.66. The third kappa shape index (κ3) is 2.90. The van der Waals surface area contributed by atoms with Gasteiger partial charge in [-0.3, -0.25) is 9.59 Å². The first-order valence-electron chi connectivity index (χ1n) is 7.02. The van der Waals surface area contributed by atoms with Gasteiger partial charge in [-0.15, -0.1) is 0 Å². The lowest BCUT2D eigenvalue weighted by molar-refractivity contribution is -0.130. The molecule has 0 spiro atoms. The van der Waals surface area contributed by atoms with Crippen molar-refractivity contribution in [2.75, 3.05) is 0 Å². The molecule has 1 fully saturated rings. The molecular formula is C16H13ClO5. The van der Waals surface area contributed by atoms with Crippen molar-refractivity contribution in [3.63, 3.8) is 0 Å². The van der Waals surface area contributed by atoms with E-state index in [2.05, 4.69) is 0 Å². The van der Waals surface area contributed by atoms with Crippen LogP contribution in [-0.2, 0) is 9.53 Å². The predicted molar refractivity (Wildman–Crippen MR) is 80.2 cm³/mol. The van der Waals surface area contributed by atoms with Crippen LogP contribution in [0.25, 0.3) is 11.0 Å². The van der Waals surface area contributed by atoms with Crippen LogP contribution in [0.3, 0.4) is 0 Å². The lowest BCUT2D eigenvalue weighted by Gasteiger charge is -2.20. The molecule has 6 heteroatoms. The number of rotatable bonds is 2. The number of Topliss-reactive ketones (excluding diaryl/α,β-unsaturated/α-hetero) is 1. The second-order valence-electron chi connectivity index (χ2n) is 5.22. The van der Waals surface area contributed by atoms with Crippen LogP contribution in [-0.4, -0.2) is 17.9 Å². The zero-order valence-electron chi connectivity index (χ0n) is 11.6. The van der Waals surface area contributed by atoms with Gasteiger partial charge in [0.2, 0.25) is 5.76 Å². The van der Waals surface area contributed by atoms with Crippen LogP contribution in [0.1, 0.15) is 36.2 Å². The number of hydrogen-bond donors (Lipinski definition) is 0. The lowest BCUT2D eigenvalue weighted by atomic mass is 9.96. The summed E-state index contributed by atoms with van der Waals surface area (Å²) in [6, 6.07) is 5.62. The Hall–Kier alpha value is -2.14. The predicted octanol–water partition coefficient (Wildman–Crippen LogP) is 3.11. The molecule has 0 radical (unpaired) electrons. The highest BCUT2D eigenvalue weighted by Gasteiger charge is 2.27. The maximum Gasteiger partial charge on any atom is 0.375 e. The molecule has 1 atom stereocenters. The molecule has 0 aliphatic heterocycles. The Balaban J connectivity index is 1.89. The molecule has 0 unspecified atom stereocenters. The maximum absolute atomic E-state index is 12.1. The fourth-order valence-electron chi connectivity index (χ4n) is 2.49. The molecule has 0 amide bonds. The summed E-state index contributed by atoms with van der Waals surface area (Å²) in [5.41, 5.74) is -0.135. The van der Waals surface area contributed by atoms with Crippen molar-refractivity contribution in [3.05, 3.63) is 45.3 Å². The lowest BCUT2D eigenvalue weighted by Crippen LogP contribution is -2.30. The van der Waals surface area contributed by atoms with Gasteiger partial charge in [-0.2, -0.15) is 0 Å². The molecule has 0 bridgehead atoms. The molecule has 1 aromatic carbocycles. The van der Waals surface area contributed by atoms with Crippen molar-refractivity contribution in [1.29, 1.82) is 0 Å². The molecule has 1 saturated carbocycles. The van der Waals surface area contributed by atoms with E-state index in [1.807, 2.05) is 0 Å². The molecule has 0 N–H and O–H groups in total. The standard InChI is InChI=1S/C16H13ClO5/c17-9-5-6-13-10(7-9)12(19)8-15(21-13)16(20)22-14-4-2-1-3-11(14)18/h5-8,14H,1-4H2/t14-/m1/s1. The Kier molecular flexibility index (Phi) is 3.98. The highest BCUT2D eigenvalue weighted by molar-refractivity contribution is 6.31. The van der Waals surface area contributed by atoms with Gasteiger partial charge in [0.1, 0.15) is 5.58 Å². The van der Waals surface area contributed by atoms with Gasteiger partial charge in [-0.1, -0.05) is 11.6 Å². The van der Waals surface area contributed by atoms with Crippen LogP contribution >= 0.6 is 11.6 Å². The second kappa shape index (κ2) is 5.93. The maximum atomic E-state index is 12.1. The number of fused-ring (bicyclic) bond motifs is 1. The summed E-state index contributed by atoms with van der Waals surface area (Å²) in [5.74, 6) is -1.10. The van der Waals surface area contributed by atoms with E-state index in [1.54, 1.807) is 6.07 Å². The highest BCUT2D eigenvalue weighted by atomic mass is 35.5. The molecule has 1 aliphatic rings. The van der Waals surface area contributed by atoms with Gasteiger partial charge in [0.25, 0.3) is 0 Å². The monoisotopic (exact) mass is 320 g/mol. The molecule has 1 aliphatic carbocycles. The number of ether oxygens (including phenoxy) is 1. The number of carbonyl (C=O) groups excluding carboxylic acids is 2. The average molecular weight is 321 g/mol. The summed E-state index contributed by atoms with van der Waals surface area (Å²) in [5, 5.41) is 0.695. The fourth-order valence-corrected chi connectivity index (χ4v) is 2.66. The van der Waals surface area contributed by atoms with Crippen LogP contribution in [0.2, 0.25) is 5.02 Å². The number of halogens is 1. The van der Waals surface area contributed by atoms with E-state index in [0.29, 0.717) is 17.9 Å². The van der Waals surface area contributed by atoms with Crippen LogP contribution in [0.5, 0.6) is 0 Å². The summed E-state index contributed by atoms with van der Waals surface area (Å²) in [7, 11) is 0. The smallest absolute Gasteiger partial charge is 0.375 e. The third-order valence-corrected chi connectivity index (χ3v) is 3.87. The average Bonchev–Trinajstić information content (AvgIpc) is 2.50. The molecular weight excluding hydrogens is 308 g/mol. The quantitative estimate of drug-likeness (QED) is 0.795. The van der Waals surface area contributed by atoms with Gasteiger partial charge >= 0.3 is 5.97 Å². The minimum absolute atomic E-state index is 0.0884. The molecule has 5 nitrogen and oxygen atoms in total. The number of esters is 1. The normalized spacial score (nSPS) is 18.4. The Morgan fingerprint density at radius 2 is 2.05 bits per heavy atom. The van der Waals surface area contributed by atoms with Crippen molar-refractivity contribution >= 4 is 34.3 Å². The van der Waals surface area contributed by atoms with Gasteiger partial charge in [-0.25, -0.2) is 4.79 Å². The molecule has 114 valence electrons. The highest BCUT2D eigenvalue weighted by Crippen LogP contribution is 2.21. The van der Waals surface area contributed by atoms with Crippen molar-refractivity contribution < 1.29 is 18.7 Å². The Bertz CT molecular complexity index is 808. The first kappa shape index (κ1) is 14.8. The van der Waals surface area contributed by atoms with E-state index in [1.165, 1.54) is 12.1 Å². The molecule has 3 rings (SSSR count). The van der Waals surface area contributed by atoms with E-state index >= 15 is 0 Å². The molecule has 1 aromatic heterocycles. The molecule has 2 aromatic rings. The first-order chi connectivity index (χ1) is 10.5. The largest absolute Gasteiger partial charge is 0.449 e. The minimum Gasteiger partial charge on any atom is -0.449 e. The van der Waals surface area contributed by atoms with E-state index < -0.39 is 12.1 Å². The Morgan fingerprint density at radius 3 is 2.82 bits per heavy atom. The summed E-state index contributed by atoms with van der Waals surface area (Å²) < 4.78 is 10.6. The summed E-state index contributed by atoms with van der Waals surface area (Å²) >= 11 is 5.83. The zero-order chi connectivity index (χ0) is 15.7. The van der Waals surface area contributed by atoms with E-state index in [4.69, 9.17) is 20.8 Å². The number of hydrogen-bond acceptors (Lipinski definition) is 5. The summed E-state index contributed by atoms with van der Waals surface area (Å²) in [6.07, 6.45) is 1.84. The number of ketones is 1. The third-order valence-electron chi connectivity index (χ3n) is 3.64. The van der Waals surface area contributed by atoms with Crippen LogP contribution in [0.4, 0.5) is 0 Å². The zero-order valence-corrected chi connectivity index (χ0v) is 12.4.